The van der Waals surface area contributed by atoms with Crippen LogP contribution in [0.3, 0.4) is 0 Å². The van der Waals surface area contributed by atoms with Crippen LogP contribution in [0.25, 0.3) is 0 Å². The highest BCUT2D eigenvalue weighted by atomic mass is 79.9. The van der Waals surface area contributed by atoms with Gasteiger partial charge in [0.1, 0.15) is 0 Å². The molecule has 0 spiro atoms. The minimum Gasteiger partial charge on any atom is -0.270 e. The van der Waals surface area contributed by atoms with Crippen LogP contribution in [-0.2, 0) is 4.84 Å². The molecule has 16 heavy (non-hydrogen) atoms. The SMILES string of the molecule is O=C(NOC1CCCC1)c1ccccc1Br. The van der Waals surface area contributed by atoms with Crippen molar-refractivity contribution in [2.75, 3.05) is 0 Å². The van der Waals surface area contributed by atoms with Crippen LogP contribution < -0.4 is 5.48 Å². The fourth-order valence-electron chi connectivity index (χ4n) is 1.84. The van der Waals surface area contributed by atoms with Gasteiger partial charge in [-0.05, 0) is 40.9 Å². The molecule has 1 saturated carbocycles. The molecule has 4 heteroatoms. The molecule has 1 aliphatic rings. The number of carbonyl (C=O) groups is 1. The van der Waals surface area contributed by atoms with Crippen LogP contribution in [-0.4, -0.2) is 12.0 Å². The van der Waals surface area contributed by atoms with Crippen molar-refractivity contribution in [3.63, 3.8) is 0 Å². The molecule has 0 aliphatic heterocycles. The number of carbonyl (C=O) groups excluding carboxylic acids is 1. The largest absolute Gasteiger partial charge is 0.275 e. The fourth-order valence-corrected chi connectivity index (χ4v) is 2.31. The number of rotatable bonds is 3. The number of hydroxylamine groups is 1. The molecular formula is C12H14BrNO2. The van der Waals surface area contributed by atoms with Gasteiger partial charge in [-0.1, -0.05) is 25.0 Å². The summed E-state index contributed by atoms with van der Waals surface area (Å²) in [5, 5.41) is 0. The van der Waals surface area contributed by atoms with Crippen LogP contribution in [0.4, 0.5) is 0 Å². The van der Waals surface area contributed by atoms with Crippen LogP contribution in [0.2, 0.25) is 0 Å². The predicted molar refractivity (Wildman–Crippen MR) is 64.9 cm³/mol. The Labute approximate surface area is 103 Å². The summed E-state index contributed by atoms with van der Waals surface area (Å²) in [4.78, 5) is 17.1. The zero-order valence-corrected chi connectivity index (χ0v) is 10.5. The van der Waals surface area contributed by atoms with Crippen LogP contribution >= 0.6 is 15.9 Å². The number of amides is 1. The lowest BCUT2D eigenvalue weighted by molar-refractivity contribution is -0.0125. The van der Waals surface area contributed by atoms with Gasteiger partial charge in [-0.15, -0.1) is 0 Å². The van der Waals surface area contributed by atoms with Crippen molar-refractivity contribution in [1.82, 2.24) is 5.48 Å². The van der Waals surface area contributed by atoms with Crippen molar-refractivity contribution in [3.8, 4) is 0 Å². The lowest BCUT2D eigenvalue weighted by Crippen LogP contribution is -2.28. The van der Waals surface area contributed by atoms with E-state index >= 15 is 0 Å². The zero-order chi connectivity index (χ0) is 11.4. The highest BCUT2D eigenvalue weighted by molar-refractivity contribution is 9.10. The number of hydrogen-bond donors (Lipinski definition) is 1. The molecule has 0 bridgehead atoms. The maximum absolute atomic E-state index is 11.8. The smallest absolute Gasteiger partial charge is 0.270 e. The number of benzene rings is 1. The van der Waals surface area contributed by atoms with E-state index in [4.69, 9.17) is 4.84 Å². The van der Waals surface area contributed by atoms with E-state index in [1.54, 1.807) is 6.07 Å². The quantitative estimate of drug-likeness (QED) is 0.866. The normalized spacial score (nSPS) is 16.3. The van der Waals surface area contributed by atoms with E-state index in [9.17, 15) is 4.79 Å². The summed E-state index contributed by atoms with van der Waals surface area (Å²) in [6, 6.07) is 7.30. The topological polar surface area (TPSA) is 38.3 Å². The van der Waals surface area contributed by atoms with Gasteiger partial charge in [0.2, 0.25) is 0 Å². The minimum absolute atomic E-state index is 0.187. The molecule has 1 amide bonds. The molecule has 0 saturated heterocycles. The molecule has 1 aliphatic carbocycles. The maximum atomic E-state index is 11.8. The van der Waals surface area contributed by atoms with Crippen molar-refractivity contribution in [3.05, 3.63) is 34.3 Å². The summed E-state index contributed by atoms with van der Waals surface area (Å²) in [7, 11) is 0. The van der Waals surface area contributed by atoms with Crippen molar-refractivity contribution in [2.45, 2.75) is 31.8 Å². The molecule has 1 N–H and O–H groups in total. The van der Waals surface area contributed by atoms with Crippen molar-refractivity contribution < 1.29 is 9.63 Å². The Morgan fingerprint density at radius 1 is 1.31 bits per heavy atom. The third-order valence-electron chi connectivity index (χ3n) is 2.74. The average molecular weight is 284 g/mol. The Balaban J connectivity index is 1.90. The third kappa shape index (κ3) is 2.83. The van der Waals surface area contributed by atoms with E-state index in [1.165, 1.54) is 12.8 Å². The first-order valence-electron chi connectivity index (χ1n) is 5.48. The van der Waals surface area contributed by atoms with Crippen LogP contribution in [0, 0.1) is 0 Å². The van der Waals surface area contributed by atoms with Gasteiger partial charge in [-0.25, -0.2) is 5.48 Å². The summed E-state index contributed by atoms with van der Waals surface area (Å²) in [6.07, 6.45) is 4.64. The van der Waals surface area contributed by atoms with E-state index in [0.29, 0.717) is 5.56 Å². The molecule has 0 aromatic heterocycles. The predicted octanol–water partition coefficient (Wildman–Crippen LogP) is 3.05. The highest BCUT2D eigenvalue weighted by Crippen LogP contribution is 2.20. The fraction of sp³-hybridized carbons (Fsp3) is 0.417. The Morgan fingerprint density at radius 3 is 2.69 bits per heavy atom. The van der Waals surface area contributed by atoms with E-state index in [2.05, 4.69) is 21.4 Å². The maximum Gasteiger partial charge on any atom is 0.275 e. The van der Waals surface area contributed by atoms with Crippen molar-refractivity contribution >= 4 is 21.8 Å². The van der Waals surface area contributed by atoms with Crippen LogP contribution in [0.5, 0.6) is 0 Å². The van der Waals surface area contributed by atoms with Gasteiger partial charge in [0.25, 0.3) is 5.91 Å². The standard InChI is InChI=1S/C12H14BrNO2/c13-11-8-4-3-7-10(11)12(15)14-16-9-5-1-2-6-9/h3-4,7-9H,1-2,5-6H2,(H,14,15). The molecule has 86 valence electrons. The molecule has 2 rings (SSSR count). The average Bonchev–Trinajstić information content (AvgIpc) is 2.79. The van der Waals surface area contributed by atoms with Gasteiger partial charge in [0.15, 0.2) is 0 Å². The Kier molecular flexibility index (Phi) is 3.96. The van der Waals surface area contributed by atoms with Gasteiger partial charge in [0, 0.05) is 4.47 Å². The minimum atomic E-state index is -0.195. The van der Waals surface area contributed by atoms with Crippen molar-refractivity contribution in [1.29, 1.82) is 0 Å². The van der Waals surface area contributed by atoms with Gasteiger partial charge < -0.3 is 0 Å². The van der Waals surface area contributed by atoms with Crippen molar-refractivity contribution in [2.24, 2.45) is 0 Å². The first-order chi connectivity index (χ1) is 7.77. The second-order valence-electron chi connectivity index (χ2n) is 3.94. The first kappa shape index (κ1) is 11.6. The first-order valence-corrected chi connectivity index (χ1v) is 6.27. The van der Waals surface area contributed by atoms with E-state index < -0.39 is 0 Å². The lowest BCUT2D eigenvalue weighted by atomic mass is 10.2. The number of nitrogens with one attached hydrogen (secondary N) is 1. The number of hydrogen-bond acceptors (Lipinski definition) is 2. The van der Waals surface area contributed by atoms with Gasteiger partial charge in [-0.2, -0.15) is 0 Å². The van der Waals surface area contributed by atoms with E-state index in [0.717, 1.165) is 17.3 Å². The molecule has 1 fully saturated rings. The van der Waals surface area contributed by atoms with Crippen LogP contribution in [0.1, 0.15) is 36.0 Å². The molecule has 0 unspecified atom stereocenters. The Hall–Kier alpha value is -0.870. The number of halogens is 1. The molecule has 1 aromatic carbocycles. The third-order valence-corrected chi connectivity index (χ3v) is 3.43. The summed E-state index contributed by atoms with van der Waals surface area (Å²) >= 11 is 3.33. The molecule has 0 heterocycles. The second-order valence-corrected chi connectivity index (χ2v) is 4.79. The van der Waals surface area contributed by atoms with E-state index in [1.807, 2.05) is 18.2 Å². The monoisotopic (exact) mass is 283 g/mol. The summed E-state index contributed by atoms with van der Waals surface area (Å²) in [5.74, 6) is -0.195. The molecular weight excluding hydrogens is 270 g/mol. The van der Waals surface area contributed by atoms with Crippen LogP contribution in [0.15, 0.2) is 28.7 Å². The Morgan fingerprint density at radius 2 is 2.00 bits per heavy atom. The van der Waals surface area contributed by atoms with E-state index in [-0.39, 0.29) is 12.0 Å². The molecule has 0 atom stereocenters. The van der Waals surface area contributed by atoms with Gasteiger partial charge in [0.05, 0.1) is 11.7 Å². The molecule has 3 nitrogen and oxygen atoms in total. The zero-order valence-electron chi connectivity index (χ0n) is 8.91. The summed E-state index contributed by atoms with van der Waals surface area (Å²) in [6.45, 7) is 0. The molecule has 0 radical (unpaired) electrons. The van der Waals surface area contributed by atoms with Gasteiger partial charge in [-0.3, -0.25) is 9.63 Å². The highest BCUT2D eigenvalue weighted by Gasteiger charge is 2.17. The second kappa shape index (κ2) is 5.46. The summed E-state index contributed by atoms with van der Waals surface area (Å²) < 4.78 is 0.780. The summed E-state index contributed by atoms with van der Waals surface area (Å²) in [5.41, 5.74) is 3.11. The van der Waals surface area contributed by atoms with Gasteiger partial charge >= 0.3 is 0 Å². The Bertz CT molecular complexity index is 375. The molecule has 1 aromatic rings. The lowest BCUT2D eigenvalue weighted by Gasteiger charge is -2.11.